The fourth-order valence-corrected chi connectivity index (χ4v) is 6.74. The van der Waals surface area contributed by atoms with Gasteiger partial charge in [-0.3, -0.25) is 9.88 Å². The highest BCUT2D eigenvalue weighted by Crippen LogP contribution is 2.65. The van der Waals surface area contributed by atoms with Crippen LogP contribution in [0.15, 0.2) is 42.9 Å². The highest BCUT2D eigenvalue weighted by molar-refractivity contribution is 7.99. The number of nitriles is 1. The van der Waals surface area contributed by atoms with Gasteiger partial charge in [0.1, 0.15) is 23.2 Å². The molecule has 4 heterocycles. The Labute approximate surface area is 197 Å². The number of hydrogen-bond acceptors (Lipinski definition) is 7. The number of anilines is 1. The molecule has 0 N–H and O–H groups in total. The maximum atomic E-state index is 15.1. The normalized spacial score (nSPS) is 27.4. The van der Waals surface area contributed by atoms with Gasteiger partial charge in [0, 0.05) is 18.0 Å². The van der Waals surface area contributed by atoms with Gasteiger partial charge in [0.15, 0.2) is 0 Å². The molecule has 0 bridgehead atoms. The van der Waals surface area contributed by atoms with Crippen LogP contribution in [0, 0.1) is 34.8 Å². The lowest BCUT2D eigenvalue weighted by atomic mass is 9.97. The first-order valence-electron chi connectivity index (χ1n) is 10.8. The number of fused-ring (bicyclic) bond motifs is 1. The van der Waals surface area contributed by atoms with Crippen molar-refractivity contribution < 1.29 is 18.3 Å². The molecule has 4 atom stereocenters. The van der Waals surface area contributed by atoms with E-state index in [1.54, 1.807) is 18.3 Å². The lowest BCUT2D eigenvalue weighted by Crippen LogP contribution is -2.26. The molecule has 1 unspecified atom stereocenters. The first-order valence-corrected chi connectivity index (χ1v) is 11.9. The van der Waals surface area contributed by atoms with E-state index in [1.807, 2.05) is 11.8 Å². The van der Waals surface area contributed by atoms with Gasteiger partial charge in [-0.1, -0.05) is 11.3 Å². The lowest BCUT2D eigenvalue weighted by molar-refractivity contribution is 0.129. The second-order valence-electron chi connectivity index (χ2n) is 8.69. The number of cyclic esters (lactones) is 1. The van der Waals surface area contributed by atoms with Crippen LogP contribution in [-0.4, -0.2) is 50.2 Å². The summed E-state index contributed by atoms with van der Waals surface area (Å²) in [4.78, 5) is 17.9. The fourth-order valence-electron chi connectivity index (χ4n) is 5.10. The molecule has 2 aliphatic heterocycles. The Bertz CT molecular complexity index is 1280. The minimum Gasteiger partial charge on any atom is -0.442 e. The van der Waals surface area contributed by atoms with Gasteiger partial charge in [-0.05, 0) is 41.5 Å². The fraction of sp³-hybridized carbons (Fsp3) is 0.348. The number of carbonyl (C=O) groups excluding carboxylic acids is 1. The van der Waals surface area contributed by atoms with Crippen LogP contribution in [0.25, 0.3) is 11.1 Å². The van der Waals surface area contributed by atoms with Gasteiger partial charge in [0.05, 0.1) is 42.3 Å². The molecule has 3 fully saturated rings. The molecular formula is C23H18F2N6O2S. The molecule has 0 radical (unpaired) electrons. The maximum absolute atomic E-state index is 15.1. The molecule has 1 saturated carbocycles. The van der Waals surface area contributed by atoms with E-state index in [2.05, 4.69) is 21.4 Å². The van der Waals surface area contributed by atoms with Crippen LogP contribution in [0.5, 0.6) is 0 Å². The number of nitrogens with zero attached hydrogens (tertiary/aromatic N) is 6. The van der Waals surface area contributed by atoms with Gasteiger partial charge in [0.2, 0.25) is 0 Å². The third-order valence-corrected chi connectivity index (χ3v) is 8.07. The predicted molar refractivity (Wildman–Crippen MR) is 119 cm³/mol. The summed E-state index contributed by atoms with van der Waals surface area (Å²) in [6, 6.07) is 7.96. The van der Waals surface area contributed by atoms with Gasteiger partial charge < -0.3 is 4.74 Å². The van der Waals surface area contributed by atoms with Crippen molar-refractivity contribution in [3.05, 3.63) is 60.2 Å². The summed E-state index contributed by atoms with van der Waals surface area (Å²) < 4.78 is 36.9. The molecule has 2 aromatic heterocycles. The summed E-state index contributed by atoms with van der Waals surface area (Å²) in [5.74, 6) is 0.832. The van der Waals surface area contributed by atoms with Crippen molar-refractivity contribution in [2.24, 2.45) is 11.8 Å². The van der Waals surface area contributed by atoms with E-state index in [0.29, 0.717) is 17.5 Å². The lowest BCUT2D eigenvalue weighted by Gasteiger charge is -2.16. The number of pyridine rings is 1. The first-order chi connectivity index (χ1) is 16.5. The number of benzene rings is 1. The Balaban J connectivity index is 1.24. The molecule has 1 amide bonds. The Morgan fingerprint density at radius 1 is 1.24 bits per heavy atom. The molecule has 1 aliphatic carbocycles. The zero-order valence-corrected chi connectivity index (χ0v) is 18.6. The molecule has 8 nitrogen and oxygen atoms in total. The van der Waals surface area contributed by atoms with E-state index >= 15 is 8.78 Å². The highest BCUT2D eigenvalue weighted by atomic mass is 32.2. The van der Waals surface area contributed by atoms with Crippen molar-refractivity contribution in [3.63, 3.8) is 0 Å². The minimum absolute atomic E-state index is 0.0705. The van der Waals surface area contributed by atoms with Crippen LogP contribution < -0.4 is 4.90 Å². The Kier molecular flexibility index (Phi) is 4.81. The maximum Gasteiger partial charge on any atom is 0.414 e. The topological polar surface area (TPSA) is 96.9 Å². The van der Waals surface area contributed by atoms with Crippen molar-refractivity contribution in [2.45, 2.75) is 18.1 Å². The van der Waals surface area contributed by atoms with Crippen LogP contribution in [0.3, 0.4) is 0 Å². The van der Waals surface area contributed by atoms with Crippen LogP contribution in [0.4, 0.5) is 19.3 Å². The molecule has 172 valence electrons. The van der Waals surface area contributed by atoms with Gasteiger partial charge >= 0.3 is 6.09 Å². The molecule has 34 heavy (non-hydrogen) atoms. The van der Waals surface area contributed by atoms with Crippen molar-refractivity contribution in [3.8, 4) is 17.2 Å². The summed E-state index contributed by atoms with van der Waals surface area (Å²) in [6.45, 7) is 0.415. The van der Waals surface area contributed by atoms with E-state index < -0.39 is 29.2 Å². The van der Waals surface area contributed by atoms with E-state index in [4.69, 9.17) is 4.74 Å². The summed E-state index contributed by atoms with van der Waals surface area (Å²) in [5.41, 5.74) is 0.188. The van der Waals surface area contributed by atoms with Crippen molar-refractivity contribution in [2.75, 3.05) is 23.0 Å². The molecule has 3 aliphatic rings. The number of hydrogen-bond donors (Lipinski definition) is 0. The molecule has 11 heteroatoms. The largest absolute Gasteiger partial charge is 0.442 e. The van der Waals surface area contributed by atoms with E-state index in [0.717, 1.165) is 23.6 Å². The number of carbonyl (C=O) groups is 1. The molecule has 1 aromatic carbocycles. The average Bonchev–Trinajstić information content (AvgIpc) is 3.34. The van der Waals surface area contributed by atoms with Crippen molar-refractivity contribution in [1.29, 1.82) is 5.26 Å². The number of thioether (sulfide) groups is 1. The summed E-state index contributed by atoms with van der Waals surface area (Å²) >= 11 is 1.84. The van der Waals surface area contributed by atoms with E-state index in [9.17, 15) is 10.1 Å². The zero-order valence-electron chi connectivity index (χ0n) is 17.8. The first kappa shape index (κ1) is 21.0. The number of aromatic nitrogens is 4. The smallest absolute Gasteiger partial charge is 0.414 e. The van der Waals surface area contributed by atoms with Crippen LogP contribution in [0.1, 0.15) is 5.69 Å². The molecule has 6 rings (SSSR count). The van der Waals surface area contributed by atoms with Crippen LogP contribution >= 0.6 is 11.8 Å². The van der Waals surface area contributed by atoms with Gasteiger partial charge in [-0.25, -0.2) is 18.3 Å². The van der Waals surface area contributed by atoms with Gasteiger partial charge in [-0.15, -0.1) is 5.10 Å². The second kappa shape index (κ2) is 7.77. The molecular weight excluding hydrogens is 462 g/mol. The average molecular weight is 481 g/mol. The molecule has 0 spiro atoms. The van der Waals surface area contributed by atoms with Crippen LogP contribution in [0.2, 0.25) is 0 Å². The number of amides is 1. The second-order valence-corrected chi connectivity index (χ2v) is 9.76. The van der Waals surface area contributed by atoms with Gasteiger partial charge in [0.25, 0.3) is 0 Å². The minimum atomic E-state index is -0.813. The Morgan fingerprint density at radius 2 is 2.00 bits per heavy atom. The monoisotopic (exact) mass is 480 g/mol. The summed E-state index contributed by atoms with van der Waals surface area (Å²) in [7, 11) is 0. The Hall–Kier alpha value is -3.52. The predicted octanol–water partition coefficient (Wildman–Crippen LogP) is 3.40. The number of ether oxygens (including phenoxy) is 1. The quantitative estimate of drug-likeness (QED) is 0.552. The Morgan fingerprint density at radius 3 is 2.62 bits per heavy atom. The molecule has 2 saturated heterocycles. The summed E-state index contributed by atoms with van der Waals surface area (Å²) in [5, 5.41) is 17.3. The summed E-state index contributed by atoms with van der Waals surface area (Å²) in [6.07, 6.45) is 3.35. The SMILES string of the molecule is N#CC1(c2ccc(-c3c(F)cc(N4C[C@H](Cn5ccnn5)OC4=O)cc3F)cn2)[C@@H]2CSC[C@@H]21. The third-order valence-electron chi connectivity index (χ3n) is 6.88. The van der Waals surface area contributed by atoms with Gasteiger partial charge in [-0.2, -0.15) is 17.0 Å². The zero-order chi connectivity index (χ0) is 23.4. The molecule has 3 aromatic rings. The number of rotatable bonds is 5. The van der Waals surface area contributed by atoms with Crippen molar-refractivity contribution in [1.82, 2.24) is 20.0 Å². The standard InChI is InChI=1S/C23H18F2N6O2S/c24-18-5-14(31-9-15(33-22(31)32)8-30-4-3-28-29-30)6-19(25)21(18)13-1-2-20(27-7-13)23(12-26)16-10-34-11-17(16)23/h1-7,15-17H,8-11H2/t15-,16-,17+,23?/m0/s1. The van der Waals surface area contributed by atoms with E-state index in [1.165, 1.54) is 22.0 Å². The highest BCUT2D eigenvalue weighted by Gasteiger charge is 2.69. The van der Waals surface area contributed by atoms with Crippen molar-refractivity contribution >= 4 is 23.5 Å². The van der Waals surface area contributed by atoms with E-state index in [-0.39, 0.29) is 29.9 Å². The third kappa shape index (κ3) is 3.16. The van der Waals surface area contributed by atoms with Crippen LogP contribution in [-0.2, 0) is 16.7 Å². The number of halogens is 2.